The maximum Gasteiger partial charge on any atom is 0.123 e. The molecule has 0 bridgehead atoms. The van der Waals surface area contributed by atoms with Crippen molar-refractivity contribution >= 4 is 0 Å². The first-order valence-electron chi connectivity index (χ1n) is 13.7. The van der Waals surface area contributed by atoms with Crippen LogP contribution in [-0.2, 0) is 25.7 Å². The predicted molar refractivity (Wildman–Crippen MR) is 146 cm³/mol. The molecule has 2 aromatic rings. The highest BCUT2D eigenvalue weighted by atomic mass is 16.5. The molecular formula is C30H43NO8. The van der Waals surface area contributed by atoms with E-state index in [2.05, 4.69) is 0 Å². The zero-order valence-corrected chi connectivity index (χ0v) is 23.0. The van der Waals surface area contributed by atoms with Crippen molar-refractivity contribution in [2.75, 3.05) is 26.3 Å². The summed E-state index contributed by atoms with van der Waals surface area (Å²) in [5.74, 6) is 1.19. The lowest BCUT2D eigenvalue weighted by atomic mass is 9.87. The number of aliphatic hydroxyl groups is 6. The molecule has 216 valence electrons. The normalized spacial score (nSPS) is 24.6. The van der Waals surface area contributed by atoms with E-state index in [4.69, 9.17) is 9.47 Å². The van der Waals surface area contributed by atoms with Crippen molar-refractivity contribution in [2.24, 2.45) is 0 Å². The Balaban J connectivity index is 1.32. The molecule has 39 heavy (non-hydrogen) atoms. The highest BCUT2D eigenvalue weighted by Crippen LogP contribution is 2.31. The largest absolute Gasteiger partial charge is 0.491 e. The molecule has 0 heterocycles. The van der Waals surface area contributed by atoms with E-state index < -0.39 is 36.6 Å². The molecule has 9 heteroatoms. The van der Waals surface area contributed by atoms with Gasteiger partial charge in [-0.1, -0.05) is 24.3 Å². The van der Waals surface area contributed by atoms with E-state index >= 15 is 0 Å². The zero-order chi connectivity index (χ0) is 28.3. The number of β-amino-alcohol motifs (C(OH)–C–C–N with tert-alkyl or cyclic N) is 2. The first-order valence-corrected chi connectivity index (χ1v) is 13.7. The van der Waals surface area contributed by atoms with Crippen LogP contribution in [0.15, 0.2) is 36.4 Å². The summed E-state index contributed by atoms with van der Waals surface area (Å²) in [4.78, 5) is 1.98. The summed E-state index contributed by atoms with van der Waals surface area (Å²) in [6.07, 6.45) is -3.61. The van der Waals surface area contributed by atoms with Crippen molar-refractivity contribution in [3.8, 4) is 11.5 Å². The molecule has 0 aromatic heterocycles. The van der Waals surface area contributed by atoms with Crippen LogP contribution in [-0.4, -0.2) is 104 Å². The lowest BCUT2D eigenvalue weighted by molar-refractivity contribution is -0.00582. The second-order valence-electron chi connectivity index (χ2n) is 11.9. The SMILES string of the molecule is CC(C)(C)N(CC(O)COc1cccc2c1C[C@@H](O)[C@@H](O)C2)CC(O)COc1cccc2c1C[C@H](O)[C@H](O)C2. The molecule has 9 nitrogen and oxygen atoms in total. The first-order chi connectivity index (χ1) is 18.4. The Bertz CT molecular complexity index is 1020. The minimum Gasteiger partial charge on any atom is -0.491 e. The van der Waals surface area contributed by atoms with E-state index in [9.17, 15) is 30.6 Å². The predicted octanol–water partition coefficient (Wildman–Crippen LogP) is 0.607. The van der Waals surface area contributed by atoms with E-state index in [-0.39, 0.29) is 31.8 Å². The second kappa shape index (κ2) is 12.5. The van der Waals surface area contributed by atoms with Crippen molar-refractivity contribution in [2.45, 2.75) is 88.6 Å². The van der Waals surface area contributed by atoms with Crippen LogP contribution in [0.1, 0.15) is 43.0 Å². The lowest BCUT2D eigenvalue weighted by Crippen LogP contribution is -2.50. The molecule has 2 aliphatic carbocycles. The number of hydrogen-bond acceptors (Lipinski definition) is 9. The highest BCUT2D eigenvalue weighted by Gasteiger charge is 2.30. The molecule has 0 saturated heterocycles. The number of nitrogens with zero attached hydrogens (tertiary/aromatic N) is 1. The summed E-state index contributed by atoms with van der Waals surface area (Å²) in [5, 5.41) is 61.8. The van der Waals surface area contributed by atoms with Gasteiger partial charge in [0.2, 0.25) is 0 Å². The van der Waals surface area contributed by atoms with Crippen LogP contribution in [0, 0.1) is 0 Å². The number of ether oxygens (including phenoxy) is 2. The van der Waals surface area contributed by atoms with Gasteiger partial charge in [0.15, 0.2) is 0 Å². The van der Waals surface area contributed by atoms with Gasteiger partial charge in [0, 0.05) is 55.4 Å². The molecule has 0 spiro atoms. The molecule has 0 amide bonds. The molecule has 0 fully saturated rings. The van der Waals surface area contributed by atoms with E-state index in [0.29, 0.717) is 37.2 Å². The van der Waals surface area contributed by atoms with Gasteiger partial charge in [-0.15, -0.1) is 0 Å². The number of aliphatic hydroxyl groups excluding tert-OH is 6. The van der Waals surface area contributed by atoms with Gasteiger partial charge in [0.05, 0.1) is 24.4 Å². The Hall–Kier alpha value is -2.24. The molecule has 4 rings (SSSR count). The van der Waals surface area contributed by atoms with Gasteiger partial charge in [-0.25, -0.2) is 0 Å². The van der Waals surface area contributed by atoms with E-state index in [1.54, 1.807) is 12.1 Å². The summed E-state index contributed by atoms with van der Waals surface area (Å²) < 4.78 is 11.9. The Morgan fingerprint density at radius 3 is 1.46 bits per heavy atom. The topological polar surface area (TPSA) is 143 Å². The molecule has 0 aliphatic heterocycles. The van der Waals surface area contributed by atoms with Crippen molar-refractivity contribution < 1.29 is 40.1 Å². The molecule has 0 radical (unpaired) electrons. The standard InChI is InChI=1S/C30H43NO8/c1-30(2,3)31(14-20(32)16-38-28-8-4-6-18-10-24(34)26(36)12-22(18)28)15-21(33)17-39-29-9-5-7-19-11-25(35)27(37)13-23(19)29/h4-9,20-21,24-27,32-37H,10-17H2,1-3H3/t20?,21?,24-,25+,26+,27-. The van der Waals surface area contributed by atoms with Crippen LogP contribution in [0.3, 0.4) is 0 Å². The second-order valence-corrected chi connectivity index (χ2v) is 11.9. The van der Waals surface area contributed by atoms with Crippen molar-refractivity contribution in [1.82, 2.24) is 4.90 Å². The Labute approximate surface area is 230 Å². The van der Waals surface area contributed by atoms with Crippen molar-refractivity contribution in [1.29, 1.82) is 0 Å². The van der Waals surface area contributed by atoms with Crippen molar-refractivity contribution in [3.05, 3.63) is 58.7 Å². The molecule has 0 saturated carbocycles. The molecule has 6 N–H and O–H groups in total. The van der Waals surface area contributed by atoms with E-state index in [0.717, 1.165) is 22.3 Å². The van der Waals surface area contributed by atoms with Crippen LogP contribution >= 0.6 is 0 Å². The molecule has 2 aliphatic rings. The fourth-order valence-electron chi connectivity index (χ4n) is 5.36. The van der Waals surface area contributed by atoms with Crippen LogP contribution < -0.4 is 9.47 Å². The van der Waals surface area contributed by atoms with Gasteiger partial charge in [0.1, 0.15) is 36.9 Å². The number of fused-ring (bicyclic) bond motifs is 2. The Kier molecular flexibility index (Phi) is 9.54. The van der Waals surface area contributed by atoms with Gasteiger partial charge in [0.25, 0.3) is 0 Å². The fourth-order valence-corrected chi connectivity index (χ4v) is 5.36. The van der Waals surface area contributed by atoms with Gasteiger partial charge >= 0.3 is 0 Å². The third-order valence-electron chi connectivity index (χ3n) is 7.71. The number of hydrogen-bond donors (Lipinski definition) is 6. The zero-order valence-electron chi connectivity index (χ0n) is 23.0. The van der Waals surface area contributed by atoms with E-state index in [1.807, 2.05) is 49.9 Å². The highest BCUT2D eigenvalue weighted by molar-refractivity contribution is 5.44. The summed E-state index contributed by atoms with van der Waals surface area (Å²) in [7, 11) is 0. The van der Waals surface area contributed by atoms with Crippen LogP contribution in [0.25, 0.3) is 0 Å². The maximum absolute atomic E-state index is 10.8. The third-order valence-corrected chi connectivity index (χ3v) is 7.71. The average molecular weight is 546 g/mol. The van der Waals surface area contributed by atoms with Crippen LogP contribution in [0.4, 0.5) is 0 Å². The minimum atomic E-state index is -0.842. The quantitative estimate of drug-likeness (QED) is 0.253. The fraction of sp³-hybridized carbons (Fsp3) is 0.600. The van der Waals surface area contributed by atoms with Crippen molar-refractivity contribution in [3.63, 3.8) is 0 Å². The molecule has 2 aromatic carbocycles. The summed E-state index contributed by atoms with van der Waals surface area (Å²) in [5.41, 5.74) is 3.23. The monoisotopic (exact) mass is 545 g/mol. The summed E-state index contributed by atoms with van der Waals surface area (Å²) in [6.45, 7) is 6.64. The van der Waals surface area contributed by atoms with Gasteiger partial charge in [-0.3, -0.25) is 4.90 Å². The number of rotatable bonds is 10. The van der Waals surface area contributed by atoms with Crippen LogP contribution in [0.5, 0.6) is 11.5 Å². The minimum absolute atomic E-state index is 0.0403. The first kappa shape index (κ1) is 29.7. The van der Waals surface area contributed by atoms with Gasteiger partial charge < -0.3 is 40.1 Å². The Morgan fingerprint density at radius 2 is 1.08 bits per heavy atom. The average Bonchev–Trinajstić information content (AvgIpc) is 2.87. The Morgan fingerprint density at radius 1 is 0.692 bits per heavy atom. The smallest absolute Gasteiger partial charge is 0.123 e. The number of benzene rings is 2. The van der Waals surface area contributed by atoms with Gasteiger partial charge in [-0.2, -0.15) is 0 Å². The molecule has 6 atom stereocenters. The third kappa shape index (κ3) is 7.49. The maximum atomic E-state index is 10.8. The summed E-state index contributed by atoms with van der Waals surface area (Å²) >= 11 is 0. The van der Waals surface area contributed by atoms with Crippen LogP contribution in [0.2, 0.25) is 0 Å². The molecule has 2 unspecified atom stereocenters. The van der Waals surface area contributed by atoms with Gasteiger partial charge in [-0.05, 0) is 44.0 Å². The van der Waals surface area contributed by atoms with E-state index in [1.165, 1.54) is 0 Å². The lowest BCUT2D eigenvalue weighted by Gasteiger charge is -2.38. The molecular weight excluding hydrogens is 502 g/mol. The summed E-state index contributed by atoms with van der Waals surface area (Å²) in [6, 6.07) is 11.1.